The first-order valence-corrected chi connectivity index (χ1v) is 11.0. The van der Waals surface area contributed by atoms with Gasteiger partial charge in [0.25, 0.3) is 0 Å². The SMILES string of the molecule is CC(C)Cn1cnc2c1C1(CCN(C(=O)N3CCCC3)CC1)Oc1ccccc1-2. The number of hydrogen-bond acceptors (Lipinski definition) is 3. The van der Waals surface area contributed by atoms with Crippen molar-refractivity contribution < 1.29 is 9.53 Å². The van der Waals surface area contributed by atoms with E-state index in [2.05, 4.69) is 24.5 Å². The van der Waals surface area contributed by atoms with E-state index in [9.17, 15) is 4.79 Å². The first-order chi connectivity index (χ1) is 14.1. The summed E-state index contributed by atoms with van der Waals surface area (Å²) in [6, 6.07) is 8.41. The third-order valence-electron chi connectivity index (χ3n) is 6.50. The largest absolute Gasteiger partial charge is 0.480 e. The second kappa shape index (κ2) is 7.08. The van der Waals surface area contributed by atoms with Crippen LogP contribution in [-0.2, 0) is 12.1 Å². The molecule has 2 amide bonds. The average Bonchev–Trinajstić information content (AvgIpc) is 3.39. The molecule has 0 unspecified atom stereocenters. The average molecular weight is 395 g/mol. The number of carbonyl (C=O) groups excluding carboxylic acids is 1. The van der Waals surface area contributed by atoms with Crippen molar-refractivity contribution in [2.45, 2.75) is 51.7 Å². The number of benzene rings is 1. The molecule has 3 aliphatic rings. The Morgan fingerprint density at radius 3 is 2.52 bits per heavy atom. The van der Waals surface area contributed by atoms with E-state index in [0.717, 1.165) is 75.4 Å². The molecule has 0 N–H and O–H groups in total. The lowest BCUT2D eigenvalue weighted by molar-refractivity contribution is -0.00475. The van der Waals surface area contributed by atoms with E-state index in [1.54, 1.807) is 0 Å². The molecule has 29 heavy (non-hydrogen) atoms. The molecule has 2 aromatic rings. The predicted octanol–water partition coefficient (Wildman–Crippen LogP) is 4.11. The van der Waals surface area contributed by atoms with Gasteiger partial charge in [-0.3, -0.25) is 0 Å². The number of ether oxygens (including phenoxy) is 1. The zero-order valence-corrected chi connectivity index (χ0v) is 17.4. The van der Waals surface area contributed by atoms with E-state index in [4.69, 9.17) is 9.72 Å². The standard InChI is InChI=1S/C23H30N4O2/c1-17(2)15-27-16-24-20-18-7-3-4-8-19(18)29-23(21(20)27)9-13-26(14-10-23)22(28)25-11-5-6-12-25/h3-4,7-8,16-17H,5-6,9-15H2,1-2H3. The highest BCUT2D eigenvalue weighted by Crippen LogP contribution is 2.49. The predicted molar refractivity (Wildman–Crippen MR) is 112 cm³/mol. The number of nitrogens with zero attached hydrogens (tertiary/aromatic N) is 4. The summed E-state index contributed by atoms with van der Waals surface area (Å²) in [6.45, 7) is 8.63. The van der Waals surface area contributed by atoms with E-state index in [1.165, 1.54) is 5.69 Å². The summed E-state index contributed by atoms with van der Waals surface area (Å²) in [7, 11) is 0. The highest BCUT2D eigenvalue weighted by Gasteiger charge is 2.47. The summed E-state index contributed by atoms with van der Waals surface area (Å²) >= 11 is 0. The van der Waals surface area contributed by atoms with Crippen LogP contribution in [0, 0.1) is 5.92 Å². The molecule has 154 valence electrons. The van der Waals surface area contributed by atoms with Crippen LogP contribution in [0.2, 0.25) is 0 Å². The maximum absolute atomic E-state index is 12.9. The fraction of sp³-hybridized carbons (Fsp3) is 0.565. The van der Waals surface area contributed by atoms with Gasteiger partial charge in [0.15, 0.2) is 5.60 Å². The van der Waals surface area contributed by atoms with Gasteiger partial charge in [0.05, 0.1) is 17.7 Å². The molecule has 2 fully saturated rings. The van der Waals surface area contributed by atoms with Gasteiger partial charge in [-0.05, 0) is 30.9 Å². The zero-order valence-electron chi connectivity index (χ0n) is 17.4. The van der Waals surface area contributed by atoms with Crippen molar-refractivity contribution in [1.82, 2.24) is 19.4 Å². The number of carbonyl (C=O) groups is 1. The molecule has 6 nitrogen and oxygen atoms in total. The maximum atomic E-state index is 12.9. The molecule has 1 aromatic heterocycles. The Bertz CT molecular complexity index is 905. The van der Waals surface area contributed by atoms with Gasteiger partial charge >= 0.3 is 6.03 Å². The van der Waals surface area contributed by atoms with E-state index >= 15 is 0 Å². The topological polar surface area (TPSA) is 50.6 Å². The normalized spacial score (nSPS) is 20.0. The van der Waals surface area contributed by atoms with Crippen molar-refractivity contribution in [3.8, 4) is 17.0 Å². The number of fused-ring (bicyclic) bond motifs is 4. The number of piperidine rings is 1. The minimum atomic E-state index is -0.406. The Morgan fingerprint density at radius 1 is 1.10 bits per heavy atom. The molecule has 6 heteroatoms. The summed E-state index contributed by atoms with van der Waals surface area (Å²) in [4.78, 5) is 21.7. The molecule has 1 aromatic carbocycles. The summed E-state index contributed by atoms with van der Waals surface area (Å²) in [5.74, 6) is 1.44. The van der Waals surface area contributed by atoms with Crippen molar-refractivity contribution >= 4 is 6.03 Å². The van der Waals surface area contributed by atoms with Gasteiger partial charge in [-0.15, -0.1) is 0 Å². The minimum absolute atomic E-state index is 0.199. The molecular formula is C23H30N4O2. The number of urea groups is 1. The van der Waals surface area contributed by atoms with Gasteiger partial charge < -0.3 is 19.1 Å². The van der Waals surface area contributed by atoms with Crippen LogP contribution in [0.15, 0.2) is 30.6 Å². The monoisotopic (exact) mass is 394 g/mol. The van der Waals surface area contributed by atoms with Gasteiger partial charge in [0.1, 0.15) is 5.75 Å². The lowest BCUT2D eigenvalue weighted by Crippen LogP contribution is -2.52. The minimum Gasteiger partial charge on any atom is -0.480 e. The van der Waals surface area contributed by atoms with Crippen LogP contribution in [0.1, 0.15) is 45.2 Å². The van der Waals surface area contributed by atoms with Crippen LogP contribution in [-0.4, -0.2) is 51.6 Å². The maximum Gasteiger partial charge on any atom is 0.320 e. The van der Waals surface area contributed by atoms with E-state index in [1.807, 2.05) is 34.3 Å². The van der Waals surface area contributed by atoms with E-state index in [0.29, 0.717) is 5.92 Å². The van der Waals surface area contributed by atoms with Gasteiger partial charge in [-0.2, -0.15) is 0 Å². The lowest BCUT2D eigenvalue weighted by Gasteiger charge is -2.45. The summed E-state index contributed by atoms with van der Waals surface area (Å²) < 4.78 is 8.99. The molecule has 4 heterocycles. The number of amides is 2. The van der Waals surface area contributed by atoms with Gasteiger partial charge in [0.2, 0.25) is 0 Å². The first-order valence-electron chi connectivity index (χ1n) is 11.0. The van der Waals surface area contributed by atoms with E-state index in [-0.39, 0.29) is 6.03 Å². The molecule has 0 saturated carbocycles. The van der Waals surface area contributed by atoms with Crippen molar-refractivity contribution in [3.63, 3.8) is 0 Å². The third-order valence-corrected chi connectivity index (χ3v) is 6.50. The van der Waals surface area contributed by atoms with Crippen LogP contribution in [0.3, 0.4) is 0 Å². The second-order valence-electron chi connectivity index (χ2n) is 9.04. The van der Waals surface area contributed by atoms with Crippen molar-refractivity contribution in [2.24, 2.45) is 5.92 Å². The zero-order chi connectivity index (χ0) is 20.0. The molecule has 0 radical (unpaired) electrons. The summed E-state index contributed by atoms with van der Waals surface area (Å²) in [6.07, 6.45) is 5.83. The van der Waals surface area contributed by atoms with Gasteiger partial charge in [-0.1, -0.05) is 26.0 Å². The Kier molecular flexibility index (Phi) is 4.52. The van der Waals surface area contributed by atoms with Crippen LogP contribution >= 0.6 is 0 Å². The van der Waals surface area contributed by atoms with Crippen molar-refractivity contribution in [1.29, 1.82) is 0 Å². The number of rotatable bonds is 2. The molecule has 5 rings (SSSR count). The molecule has 0 aliphatic carbocycles. The Labute approximate surface area is 172 Å². The Hall–Kier alpha value is -2.50. The number of imidazole rings is 1. The quantitative estimate of drug-likeness (QED) is 0.770. The number of aromatic nitrogens is 2. The van der Waals surface area contributed by atoms with E-state index < -0.39 is 5.60 Å². The Balaban J connectivity index is 1.46. The summed E-state index contributed by atoms with van der Waals surface area (Å²) in [5.41, 5.74) is 2.91. The molecular weight excluding hydrogens is 364 g/mol. The van der Waals surface area contributed by atoms with Crippen molar-refractivity contribution in [3.05, 3.63) is 36.3 Å². The number of hydrogen-bond donors (Lipinski definition) is 0. The molecule has 3 aliphatic heterocycles. The highest BCUT2D eigenvalue weighted by molar-refractivity contribution is 5.75. The van der Waals surface area contributed by atoms with Crippen LogP contribution in [0.4, 0.5) is 4.79 Å². The first kappa shape index (κ1) is 18.5. The van der Waals surface area contributed by atoms with Gasteiger partial charge in [0, 0.05) is 51.1 Å². The summed E-state index contributed by atoms with van der Waals surface area (Å²) in [5, 5.41) is 0. The van der Waals surface area contributed by atoms with Crippen molar-refractivity contribution in [2.75, 3.05) is 26.2 Å². The molecule has 0 bridgehead atoms. The number of para-hydroxylation sites is 1. The lowest BCUT2D eigenvalue weighted by atomic mass is 9.83. The third kappa shape index (κ3) is 3.09. The molecule has 2 saturated heterocycles. The smallest absolute Gasteiger partial charge is 0.320 e. The van der Waals surface area contributed by atoms with Crippen LogP contribution in [0.25, 0.3) is 11.3 Å². The highest BCUT2D eigenvalue weighted by atomic mass is 16.5. The fourth-order valence-electron chi connectivity index (χ4n) is 5.11. The van der Waals surface area contributed by atoms with Crippen LogP contribution < -0.4 is 4.74 Å². The fourth-order valence-corrected chi connectivity index (χ4v) is 5.11. The molecule has 1 spiro atoms. The molecule has 0 atom stereocenters. The van der Waals surface area contributed by atoms with Crippen LogP contribution in [0.5, 0.6) is 5.75 Å². The second-order valence-corrected chi connectivity index (χ2v) is 9.04. The number of likely N-dealkylation sites (tertiary alicyclic amines) is 2. The Morgan fingerprint density at radius 2 is 1.79 bits per heavy atom. The van der Waals surface area contributed by atoms with Gasteiger partial charge in [-0.25, -0.2) is 9.78 Å².